The van der Waals surface area contributed by atoms with Gasteiger partial charge in [-0.15, -0.1) is 0 Å². The summed E-state index contributed by atoms with van der Waals surface area (Å²) in [5.74, 6) is -0.360. The van der Waals surface area contributed by atoms with Gasteiger partial charge in [-0.05, 0) is 43.0 Å². The molecule has 0 heterocycles. The maximum atomic E-state index is 11.3. The molecule has 0 amide bonds. The van der Waals surface area contributed by atoms with Crippen LogP contribution in [0.2, 0.25) is 0 Å². The fourth-order valence-corrected chi connectivity index (χ4v) is 2.75. The fraction of sp³-hybridized carbons (Fsp3) is 0.533. The number of anilines is 1. The summed E-state index contributed by atoms with van der Waals surface area (Å²) in [7, 11) is -3.16. The Labute approximate surface area is 126 Å². The third kappa shape index (κ3) is 6.62. The SMILES string of the molecule is CCC(CCNc1ccc(S(C)(=O)=O)cc1)CCC(=O)O. The number of aliphatic carboxylic acids is 1. The number of sulfone groups is 1. The third-order valence-corrected chi connectivity index (χ3v) is 4.64. The van der Waals surface area contributed by atoms with Gasteiger partial charge < -0.3 is 10.4 Å². The van der Waals surface area contributed by atoms with Crippen molar-refractivity contribution in [1.29, 1.82) is 0 Å². The van der Waals surface area contributed by atoms with Gasteiger partial charge in [0.25, 0.3) is 0 Å². The zero-order valence-corrected chi connectivity index (χ0v) is 13.3. The van der Waals surface area contributed by atoms with Crippen molar-refractivity contribution in [3.63, 3.8) is 0 Å². The van der Waals surface area contributed by atoms with Gasteiger partial charge in [-0.2, -0.15) is 0 Å². The van der Waals surface area contributed by atoms with E-state index in [4.69, 9.17) is 5.11 Å². The number of carboxylic acid groups (broad SMARTS) is 1. The predicted octanol–water partition coefficient (Wildman–Crippen LogP) is 2.78. The first-order valence-corrected chi connectivity index (χ1v) is 8.98. The quantitative estimate of drug-likeness (QED) is 0.732. The van der Waals surface area contributed by atoms with Gasteiger partial charge >= 0.3 is 5.97 Å². The normalized spacial score (nSPS) is 12.9. The van der Waals surface area contributed by atoms with Crippen molar-refractivity contribution in [3.05, 3.63) is 24.3 Å². The van der Waals surface area contributed by atoms with Crippen molar-refractivity contribution in [3.8, 4) is 0 Å². The second kappa shape index (κ2) is 8.02. The van der Waals surface area contributed by atoms with Gasteiger partial charge in [0, 0.05) is 24.9 Å². The van der Waals surface area contributed by atoms with Crippen LogP contribution in [-0.2, 0) is 14.6 Å². The lowest BCUT2D eigenvalue weighted by atomic mass is 9.96. The minimum absolute atomic E-state index is 0.210. The van der Waals surface area contributed by atoms with Crippen LogP contribution in [0.3, 0.4) is 0 Å². The number of hydrogen-bond donors (Lipinski definition) is 2. The highest BCUT2D eigenvalue weighted by Gasteiger charge is 2.09. The van der Waals surface area contributed by atoms with Gasteiger partial charge in [-0.3, -0.25) is 4.79 Å². The van der Waals surface area contributed by atoms with E-state index in [0.717, 1.165) is 25.1 Å². The Morgan fingerprint density at radius 3 is 2.33 bits per heavy atom. The fourth-order valence-electron chi connectivity index (χ4n) is 2.12. The van der Waals surface area contributed by atoms with E-state index in [0.29, 0.717) is 17.2 Å². The molecular weight excluding hydrogens is 290 g/mol. The maximum absolute atomic E-state index is 11.3. The molecule has 1 atom stereocenters. The molecule has 0 aliphatic heterocycles. The highest BCUT2D eigenvalue weighted by molar-refractivity contribution is 7.90. The summed E-state index contributed by atoms with van der Waals surface area (Å²) in [6.45, 7) is 2.81. The second-order valence-corrected chi connectivity index (χ2v) is 7.23. The first kappa shape index (κ1) is 17.5. The van der Waals surface area contributed by atoms with E-state index in [-0.39, 0.29) is 6.42 Å². The molecule has 0 aromatic heterocycles. The van der Waals surface area contributed by atoms with Crippen molar-refractivity contribution in [2.24, 2.45) is 5.92 Å². The third-order valence-electron chi connectivity index (χ3n) is 3.51. The monoisotopic (exact) mass is 313 g/mol. The summed E-state index contributed by atoms with van der Waals surface area (Å²) >= 11 is 0. The van der Waals surface area contributed by atoms with Crippen LogP contribution in [0.1, 0.15) is 32.6 Å². The highest BCUT2D eigenvalue weighted by Crippen LogP contribution is 2.17. The second-order valence-electron chi connectivity index (χ2n) is 5.22. The first-order valence-electron chi connectivity index (χ1n) is 7.08. The highest BCUT2D eigenvalue weighted by atomic mass is 32.2. The van der Waals surface area contributed by atoms with E-state index in [1.807, 2.05) is 0 Å². The van der Waals surface area contributed by atoms with Gasteiger partial charge in [-0.25, -0.2) is 8.42 Å². The molecular formula is C15H23NO4S. The number of nitrogens with one attached hydrogen (secondary N) is 1. The van der Waals surface area contributed by atoms with E-state index >= 15 is 0 Å². The van der Waals surface area contributed by atoms with E-state index in [1.165, 1.54) is 6.26 Å². The Kier molecular flexibility index (Phi) is 6.68. The van der Waals surface area contributed by atoms with Gasteiger partial charge in [-0.1, -0.05) is 13.3 Å². The largest absolute Gasteiger partial charge is 0.481 e. The number of carboxylic acids is 1. The average molecular weight is 313 g/mol. The molecule has 0 bridgehead atoms. The van der Waals surface area contributed by atoms with Crippen LogP contribution in [0.5, 0.6) is 0 Å². The zero-order chi connectivity index (χ0) is 15.9. The lowest BCUT2D eigenvalue weighted by molar-refractivity contribution is -0.137. The molecule has 0 saturated carbocycles. The predicted molar refractivity (Wildman–Crippen MR) is 83.3 cm³/mol. The smallest absolute Gasteiger partial charge is 0.303 e. The summed E-state index contributed by atoms with van der Waals surface area (Å²) in [6.07, 6.45) is 3.95. The van der Waals surface area contributed by atoms with Crippen molar-refractivity contribution < 1.29 is 18.3 Å². The van der Waals surface area contributed by atoms with Gasteiger partial charge in [0.2, 0.25) is 0 Å². The average Bonchev–Trinajstić information content (AvgIpc) is 2.42. The molecule has 2 N–H and O–H groups in total. The molecule has 5 nitrogen and oxygen atoms in total. The molecule has 21 heavy (non-hydrogen) atoms. The molecule has 0 fully saturated rings. The summed E-state index contributed by atoms with van der Waals surface area (Å²) in [6, 6.07) is 6.65. The molecule has 1 rings (SSSR count). The Hall–Kier alpha value is -1.56. The lowest BCUT2D eigenvalue weighted by Crippen LogP contribution is -2.10. The van der Waals surface area contributed by atoms with E-state index in [2.05, 4.69) is 12.2 Å². The maximum Gasteiger partial charge on any atom is 0.303 e. The molecule has 1 unspecified atom stereocenters. The lowest BCUT2D eigenvalue weighted by Gasteiger charge is -2.14. The van der Waals surface area contributed by atoms with Crippen LogP contribution >= 0.6 is 0 Å². The zero-order valence-electron chi connectivity index (χ0n) is 12.5. The van der Waals surface area contributed by atoms with Crippen molar-refractivity contribution >= 4 is 21.5 Å². The van der Waals surface area contributed by atoms with Crippen molar-refractivity contribution in [2.75, 3.05) is 18.1 Å². The molecule has 6 heteroatoms. The standard InChI is InChI=1S/C15H23NO4S/c1-3-12(4-9-15(17)18)10-11-16-13-5-7-14(8-6-13)21(2,19)20/h5-8,12,16H,3-4,9-11H2,1-2H3,(H,17,18). The van der Waals surface area contributed by atoms with E-state index < -0.39 is 15.8 Å². The number of hydrogen-bond acceptors (Lipinski definition) is 4. The van der Waals surface area contributed by atoms with Crippen molar-refractivity contribution in [1.82, 2.24) is 0 Å². The van der Waals surface area contributed by atoms with Crippen LogP contribution < -0.4 is 5.32 Å². The molecule has 0 aliphatic carbocycles. The topological polar surface area (TPSA) is 83.5 Å². The molecule has 1 aromatic rings. The summed E-state index contributed by atoms with van der Waals surface area (Å²) in [5.41, 5.74) is 0.871. The Balaban J connectivity index is 2.43. The van der Waals surface area contributed by atoms with Crippen molar-refractivity contribution in [2.45, 2.75) is 37.5 Å². The van der Waals surface area contributed by atoms with E-state index in [9.17, 15) is 13.2 Å². The summed E-state index contributed by atoms with van der Waals surface area (Å²) in [5, 5.41) is 11.9. The van der Waals surface area contributed by atoms with Gasteiger partial charge in [0.15, 0.2) is 9.84 Å². The minimum atomic E-state index is -3.16. The van der Waals surface area contributed by atoms with Crippen LogP contribution in [-0.4, -0.2) is 32.3 Å². The molecule has 118 valence electrons. The molecule has 0 aliphatic rings. The number of carbonyl (C=O) groups is 1. The van der Waals surface area contributed by atoms with E-state index in [1.54, 1.807) is 24.3 Å². The molecule has 0 radical (unpaired) electrons. The molecule has 0 saturated heterocycles. The Morgan fingerprint density at radius 1 is 1.24 bits per heavy atom. The number of rotatable bonds is 9. The van der Waals surface area contributed by atoms with Crippen LogP contribution in [0.4, 0.5) is 5.69 Å². The Morgan fingerprint density at radius 2 is 1.86 bits per heavy atom. The van der Waals surface area contributed by atoms with Crippen LogP contribution in [0.25, 0.3) is 0 Å². The molecule has 1 aromatic carbocycles. The van der Waals surface area contributed by atoms with Gasteiger partial charge in [0.05, 0.1) is 4.90 Å². The minimum Gasteiger partial charge on any atom is -0.481 e. The van der Waals surface area contributed by atoms with Gasteiger partial charge in [0.1, 0.15) is 0 Å². The number of benzene rings is 1. The first-order chi connectivity index (χ1) is 9.82. The summed E-state index contributed by atoms with van der Waals surface area (Å²) < 4.78 is 22.7. The summed E-state index contributed by atoms with van der Waals surface area (Å²) in [4.78, 5) is 10.9. The van der Waals surface area contributed by atoms with Crippen LogP contribution in [0, 0.1) is 5.92 Å². The molecule has 0 spiro atoms. The van der Waals surface area contributed by atoms with Crippen LogP contribution in [0.15, 0.2) is 29.2 Å². The Bertz CT molecular complexity index is 552.